The molecule has 43 heavy (non-hydrogen) atoms. The summed E-state index contributed by atoms with van der Waals surface area (Å²) in [5, 5.41) is 0. The summed E-state index contributed by atoms with van der Waals surface area (Å²) in [4.78, 5) is 15.2. The summed E-state index contributed by atoms with van der Waals surface area (Å²) in [5.41, 5.74) is 3.33. The Labute approximate surface area is 260 Å². The normalized spacial score (nSPS) is 14.1. The standard InChI is InChI=1S/C36H49NO5S/c1-36(2,3)43(5,6)42-25-24-33(37(26-30-16-10-7-11-17-30)27-31-18-12-8-13-19-31)34(41-29-39-4)22-23-35(38)40-28-32-20-14-9-15-21-32/h7-23,33-34H,24-29H2,1-6H3/b23-22+. The highest BCUT2D eigenvalue weighted by atomic mass is 32.3. The largest absolute Gasteiger partial charge is 0.458 e. The maximum atomic E-state index is 12.8. The molecule has 2 unspecified atom stereocenters. The number of esters is 1. The molecule has 0 aliphatic heterocycles. The molecule has 0 aromatic heterocycles. The first-order chi connectivity index (χ1) is 20.6. The van der Waals surface area contributed by atoms with Gasteiger partial charge in [-0.1, -0.05) is 112 Å². The minimum Gasteiger partial charge on any atom is -0.458 e. The van der Waals surface area contributed by atoms with E-state index in [1.165, 1.54) is 17.2 Å². The lowest BCUT2D eigenvalue weighted by Crippen LogP contribution is -2.44. The summed E-state index contributed by atoms with van der Waals surface area (Å²) in [5.74, 6) is -0.416. The number of rotatable bonds is 17. The Kier molecular flexibility index (Phi) is 14.0. The molecule has 0 saturated carbocycles. The highest BCUT2D eigenvalue weighted by Crippen LogP contribution is 2.53. The van der Waals surface area contributed by atoms with Gasteiger partial charge in [-0.2, -0.15) is 0 Å². The molecule has 3 aromatic rings. The van der Waals surface area contributed by atoms with Gasteiger partial charge in [0.25, 0.3) is 0 Å². The Morgan fingerprint density at radius 1 is 0.837 bits per heavy atom. The van der Waals surface area contributed by atoms with E-state index < -0.39 is 22.4 Å². The Bertz CT molecular complexity index is 1190. The topological polar surface area (TPSA) is 57.2 Å². The lowest BCUT2D eigenvalue weighted by Gasteiger charge is -2.44. The lowest BCUT2D eigenvalue weighted by atomic mass is 10.0. The van der Waals surface area contributed by atoms with Gasteiger partial charge in [0.2, 0.25) is 0 Å². The summed E-state index contributed by atoms with van der Waals surface area (Å²) < 4.78 is 23.8. The minimum atomic E-state index is -1.32. The van der Waals surface area contributed by atoms with E-state index in [1.807, 2.05) is 48.5 Å². The van der Waals surface area contributed by atoms with E-state index >= 15 is 0 Å². The Morgan fingerprint density at radius 3 is 1.84 bits per heavy atom. The Hall–Kier alpha value is -2.94. The van der Waals surface area contributed by atoms with Gasteiger partial charge in [-0.3, -0.25) is 4.90 Å². The fraction of sp³-hybridized carbons (Fsp3) is 0.417. The van der Waals surface area contributed by atoms with Gasteiger partial charge in [0.1, 0.15) is 13.4 Å². The van der Waals surface area contributed by atoms with Crippen molar-refractivity contribution in [2.75, 3.05) is 33.0 Å². The van der Waals surface area contributed by atoms with E-state index in [0.717, 1.165) is 5.56 Å². The van der Waals surface area contributed by atoms with Crippen molar-refractivity contribution in [2.24, 2.45) is 0 Å². The fourth-order valence-electron chi connectivity index (χ4n) is 4.43. The number of carbonyl (C=O) groups is 1. The predicted octanol–water partition coefficient (Wildman–Crippen LogP) is 7.53. The summed E-state index contributed by atoms with van der Waals surface area (Å²) in [6, 6.07) is 30.4. The highest BCUT2D eigenvalue weighted by Gasteiger charge is 2.31. The van der Waals surface area contributed by atoms with Crippen molar-refractivity contribution in [3.63, 3.8) is 0 Å². The predicted molar refractivity (Wildman–Crippen MR) is 178 cm³/mol. The van der Waals surface area contributed by atoms with Crippen molar-refractivity contribution in [1.82, 2.24) is 4.90 Å². The number of hydrogen-bond donors (Lipinski definition) is 0. The first-order valence-electron chi connectivity index (χ1n) is 14.8. The molecular weight excluding hydrogens is 558 g/mol. The molecule has 0 saturated heterocycles. The van der Waals surface area contributed by atoms with Gasteiger partial charge in [-0.15, -0.1) is 10.3 Å². The summed E-state index contributed by atoms with van der Waals surface area (Å²) in [7, 11) is 0.290. The number of benzene rings is 3. The van der Waals surface area contributed by atoms with Gasteiger partial charge in [0, 0.05) is 37.1 Å². The van der Waals surface area contributed by atoms with Crippen molar-refractivity contribution in [1.29, 1.82) is 0 Å². The zero-order valence-electron chi connectivity index (χ0n) is 26.6. The highest BCUT2D eigenvalue weighted by molar-refractivity contribution is 8.29. The zero-order valence-corrected chi connectivity index (χ0v) is 27.4. The number of methoxy groups -OCH3 is 1. The Morgan fingerprint density at radius 2 is 1.35 bits per heavy atom. The SMILES string of the molecule is COCOC(/C=C/C(=O)OCc1ccccc1)C(CCOS(C)(C)C(C)(C)C)N(Cc1ccccc1)Cc1ccccc1. The molecule has 0 N–H and O–H groups in total. The second-order valence-electron chi connectivity index (χ2n) is 11.9. The lowest BCUT2D eigenvalue weighted by molar-refractivity contribution is -0.139. The maximum absolute atomic E-state index is 12.8. The van der Waals surface area contributed by atoms with Crippen LogP contribution >= 0.6 is 10.3 Å². The van der Waals surface area contributed by atoms with Crippen molar-refractivity contribution in [3.8, 4) is 0 Å². The van der Waals surface area contributed by atoms with Gasteiger partial charge in [0.15, 0.2) is 0 Å². The van der Waals surface area contributed by atoms with Gasteiger partial charge < -0.3 is 18.4 Å². The molecule has 0 fully saturated rings. The van der Waals surface area contributed by atoms with Crippen molar-refractivity contribution < 1.29 is 23.2 Å². The van der Waals surface area contributed by atoms with Crippen molar-refractivity contribution >= 4 is 16.3 Å². The van der Waals surface area contributed by atoms with E-state index in [0.29, 0.717) is 26.1 Å². The number of carbonyl (C=O) groups excluding carboxylic acids is 1. The van der Waals surface area contributed by atoms with Gasteiger partial charge in [0.05, 0.1) is 12.7 Å². The van der Waals surface area contributed by atoms with Gasteiger partial charge >= 0.3 is 5.97 Å². The first-order valence-corrected chi connectivity index (χ1v) is 17.1. The van der Waals surface area contributed by atoms with Crippen molar-refractivity contribution in [2.45, 2.75) is 63.8 Å². The number of ether oxygens (including phenoxy) is 3. The maximum Gasteiger partial charge on any atom is 0.330 e. The average Bonchev–Trinajstić information content (AvgIpc) is 2.99. The molecule has 234 valence electrons. The zero-order chi connectivity index (χ0) is 31.1. The van der Waals surface area contributed by atoms with E-state index in [4.69, 9.17) is 18.4 Å². The van der Waals surface area contributed by atoms with Crippen LogP contribution in [0.3, 0.4) is 0 Å². The van der Waals surface area contributed by atoms with Crippen LogP contribution in [0.15, 0.2) is 103 Å². The van der Waals surface area contributed by atoms with Crippen molar-refractivity contribution in [3.05, 3.63) is 120 Å². The molecule has 0 radical (unpaired) electrons. The van der Waals surface area contributed by atoms with Gasteiger partial charge in [-0.05, 0) is 41.7 Å². The smallest absolute Gasteiger partial charge is 0.330 e. The quantitative estimate of drug-likeness (QED) is 0.0898. The third-order valence-electron chi connectivity index (χ3n) is 7.60. The number of nitrogens with zero attached hydrogens (tertiary/aromatic N) is 1. The second kappa shape index (κ2) is 17.4. The van der Waals surface area contributed by atoms with Crippen LogP contribution in [0, 0.1) is 0 Å². The van der Waals surface area contributed by atoms with E-state index in [1.54, 1.807) is 7.11 Å². The first kappa shape index (κ1) is 34.5. The molecular formula is C36H49NO5S. The molecule has 3 rings (SSSR count). The molecule has 0 aliphatic rings. The molecule has 6 nitrogen and oxygen atoms in total. The third-order valence-corrected chi connectivity index (χ3v) is 11.3. The van der Waals surface area contributed by atoms with Crippen LogP contribution in [0.5, 0.6) is 0 Å². The monoisotopic (exact) mass is 607 g/mol. The van der Waals surface area contributed by atoms with E-state index in [9.17, 15) is 4.79 Å². The van der Waals surface area contributed by atoms with Crippen LogP contribution in [0.25, 0.3) is 0 Å². The molecule has 0 bridgehead atoms. The third kappa shape index (κ3) is 11.9. The van der Waals surface area contributed by atoms with E-state index in [2.05, 4.69) is 86.7 Å². The number of hydrogen-bond acceptors (Lipinski definition) is 6. The molecule has 3 aromatic carbocycles. The molecule has 7 heteroatoms. The van der Waals surface area contributed by atoms with Gasteiger partial charge in [-0.25, -0.2) is 4.79 Å². The van der Waals surface area contributed by atoms with Crippen LogP contribution in [0.2, 0.25) is 0 Å². The van der Waals surface area contributed by atoms with E-state index in [-0.39, 0.29) is 24.2 Å². The fourth-order valence-corrected chi connectivity index (χ4v) is 5.29. The summed E-state index contributed by atoms with van der Waals surface area (Å²) >= 11 is 0. The average molecular weight is 608 g/mol. The molecule has 0 aliphatic carbocycles. The Balaban J connectivity index is 1.90. The second-order valence-corrected chi connectivity index (χ2v) is 15.8. The molecule has 0 spiro atoms. The molecule has 0 amide bonds. The van der Waals surface area contributed by atoms with Crippen LogP contribution in [-0.4, -0.2) is 60.8 Å². The van der Waals surface area contributed by atoms with Crippen LogP contribution in [0.1, 0.15) is 43.9 Å². The van der Waals surface area contributed by atoms with Crippen LogP contribution in [-0.2, 0) is 42.9 Å². The molecule has 2 atom stereocenters. The minimum absolute atomic E-state index is 0.0463. The van der Waals surface area contributed by atoms with Crippen LogP contribution in [0.4, 0.5) is 0 Å². The molecule has 0 heterocycles. The summed E-state index contributed by atoms with van der Waals surface area (Å²) in [6.45, 7) is 8.95. The van der Waals surface area contributed by atoms with Crippen LogP contribution < -0.4 is 0 Å². The summed E-state index contributed by atoms with van der Waals surface area (Å²) in [6.07, 6.45) is 7.97.